The summed E-state index contributed by atoms with van der Waals surface area (Å²) in [5.41, 5.74) is 15.8. The number of hydrogen-bond acceptors (Lipinski definition) is 7. The van der Waals surface area contributed by atoms with Crippen LogP contribution in [0.5, 0.6) is 0 Å². The molecule has 0 heterocycles. The molecule has 13 heteroatoms. The molecule has 29 heavy (non-hydrogen) atoms. The smallest absolute Gasteiger partial charge is 0.326 e. The van der Waals surface area contributed by atoms with Gasteiger partial charge in [-0.1, -0.05) is 13.8 Å². The highest BCUT2D eigenvalue weighted by molar-refractivity contribution is 5.92. The maximum Gasteiger partial charge on any atom is 0.326 e. The van der Waals surface area contributed by atoms with E-state index in [9.17, 15) is 24.3 Å². The van der Waals surface area contributed by atoms with Gasteiger partial charge in [-0.2, -0.15) is 0 Å². The minimum atomic E-state index is -1.20. The van der Waals surface area contributed by atoms with Crippen molar-refractivity contribution >= 4 is 29.7 Å². The van der Waals surface area contributed by atoms with Gasteiger partial charge in [-0.15, -0.1) is 0 Å². The summed E-state index contributed by atoms with van der Waals surface area (Å²) in [6.45, 7) is 2.40. The highest BCUT2D eigenvalue weighted by Gasteiger charge is 2.28. The molecule has 0 saturated heterocycles. The normalized spacial score (nSPS) is 13.7. The fourth-order valence-corrected chi connectivity index (χ4v) is 2.17. The molecule has 0 saturated carbocycles. The van der Waals surface area contributed by atoms with Gasteiger partial charge < -0.3 is 43.4 Å². The van der Waals surface area contributed by atoms with E-state index >= 15 is 0 Å². The van der Waals surface area contributed by atoms with Crippen molar-refractivity contribution in [1.82, 2.24) is 16.0 Å². The van der Waals surface area contributed by atoms with E-state index in [1.54, 1.807) is 13.8 Å². The number of nitrogens with one attached hydrogen (secondary N) is 3. The lowest BCUT2D eigenvalue weighted by molar-refractivity contribution is -0.143. The van der Waals surface area contributed by atoms with Crippen LogP contribution in [0.25, 0.3) is 0 Å². The van der Waals surface area contributed by atoms with Gasteiger partial charge in [0.1, 0.15) is 18.1 Å². The monoisotopic (exact) mass is 417 g/mol. The van der Waals surface area contributed by atoms with Crippen molar-refractivity contribution in [2.24, 2.45) is 28.1 Å². The van der Waals surface area contributed by atoms with E-state index in [0.717, 1.165) is 0 Å². The fourth-order valence-electron chi connectivity index (χ4n) is 2.17. The third kappa shape index (κ3) is 10.8. The minimum Gasteiger partial charge on any atom is -0.480 e. The Hall–Kier alpha value is -2.93. The Morgan fingerprint density at radius 3 is 2.17 bits per heavy atom. The standard InChI is InChI=1S/C16H31N7O6/c1-8(2)12(15(28)29)23-14(27)10(4-3-5-20-16(18)19)22-11(25)6-21-13(26)9(17)7-24/h8-10,12,24H,3-7,17H2,1-2H3,(H,21,26)(H,22,25)(H,23,27)(H,28,29)(H4,18,19,20). The van der Waals surface area contributed by atoms with Gasteiger partial charge in [-0.3, -0.25) is 19.4 Å². The van der Waals surface area contributed by atoms with Crippen molar-refractivity contribution in [2.75, 3.05) is 19.7 Å². The number of carbonyl (C=O) groups excluding carboxylic acids is 3. The lowest BCUT2D eigenvalue weighted by atomic mass is 10.0. The Morgan fingerprint density at radius 1 is 1.07 bits per heavy atom. The number of nitrogens with two attached hydrogens (primary N) is 3. The quantitative estimate of drug-likeness (QED) is 0.0831. The lowest BCUT2D eigenvalue weighted by Gasteiger charge is -2.23. The van der Waals surface area contributed by atoms with E-state index in [0.29, 0.717) is 6.42 Å². The Balaban J connectivity index is 5.00. The van der Waals surface area contributed by atoms with Crippen LogP contribution in [0.4, 0.5) is 0 Å². The fraction of sp³-hybridized carbons (Fsp3) is 0.688. The number of nitrogens with zero attached hydrogens (tertiary/aromatic N) is 1. The second-order valence-corrected chi connectivity index (χ2v) is 6.64. The number of amides is 3. The first-order valence-corrected chi connectivity index (χ1v) is 9.01. The number of aliphatic hydroxyl groups is 1. The Bertz CT molecular complexity index is 607. The summed E-state index contributed by atoms with van der Waals surface area (Å²) in [4.78, 5) is 51.2. The van der Waals surface area contributed by atoms with Crippen molar-refractivity contribution in [1.29, 1.82) is 0 Å². The van der Waals surface area contributed by atoms with Crippen LogP contribution >= 0.6 is 0 Å². The third-order valence-corrected chi connectivity index (χ3v) is 3.78. The van der Waals surface area contributed by atoms with Crippen LogP contribution < -0.4 is 33.2 Å². The molecular weight excluding hydrogens is 386 g/mol. The summed E-state index contributed by atoms with van der Waals surface area (Å²) in [6.07, 6.45) is 0.459. The zero-order chi connectivity index (χ0) is 22.6. The van der Waals surface area contributed by atoms with Gasteiger partial charge in [0.15, 0.2) is 5.96 Å². The van der Waals surface area contributed by atoms with Crippen LogP contribution in [0.1, 0.15) is 26.7 Å². The van der Waals surface area contributed by atoms with E-state index in [1.807, 2.05) is 0 Å². The summed E-state index contributed by atoms with van der Waals surface area (Å²) < 4.78 is 0. The molecule has 0 radical (unpaired) electrons. The summed E-state index contributed by atoms with van der Waals surface area (Å²) in [7, 11) is 0. The van der Waals surface area contributed by atoms with Crippen molar-refractivity contribution in [3.05, 3.63) is 0 Å². The molecule has 0 aliphatic heterocycles. The van der Waals surface area contributed by atoms with E-state index < -0.39 is 55.0 Å². The largest absolute Gasteiger partial charge is 0.480 e. The van der Waals surface area contributed by atoms with Gasteiger partial charge >= 0.3 is 5.97 Å². The predicted molar refractivity (Wildman–Crippen MR) is 104 cm³/mol. The van der Waals surface area contributed by atoms with Crippen LogP contribution in [-0.4, -0.2) is 77.7 Å². The topological polar surface area (TPSA) is 235 Å². The third-order valence-electron chi connectivity index (χ3n) is 3.78. The van der Waals surface area contributed by atoms with Crippen molar-refractivity contribution < 1.29 is 29.4 Å². The van der Waals surface area contributed by atoms with Gasteiger partial charge in [-0.25, -0.2) is 4.79 Å². The number of carboxylic acid groups (broad SMARTS) is 1. The van der Waals surface area contributed by atoms with Crippen molar-refractivity contribution in [3.8, 4) is 0 Å². The Kier molecular flexibility index (Phi) is 11.9. The van der Waals surface area contributed by atoms with Gasteiger partial charge in [0.2, 0.25) is 17.7 Å². The van der Waals surface area contributed by atoms with Crippen LogP contribution in [0.3, 0.4) is 0 Å². The number of carbonyl (C=O) groups is 4. The molecule has 13 nitrogen and oxygen atoms in total. The molecule has 166 valence electrons. The molecule has 0 aromatic carbocycles. The molecule has 0 fully saturated rings. The molecule has 0 aromatic heterocycles. The SMILES string of the molecule is CC(C)C(NC(=O)C(CCCN=C(N)N)NC(=O)CNC(=O)C(N)CO)C(=O)O. The summed E-state index contributed by atoms with van der Waals surface area (Å²) in [5.74, 6) is -3.83. The average molecular weight is 417 g/mol. The van der Waals surface area contributed by atoms with E-state index in [2.05, 4.69) is 20.9 Å². The molecular formula is C16H31N7O6. The molecule has 0 bridgehead atoms. The van der Waals surface area contributed by atoms with Crippen LogP contribution in [0, 0.1) is 5.92 Å². The number of aliphatic hydroxyl groups excluding tert-OH is 1. The summed E-state index contributed by atoms with van der Waals surface area (Å²) >= 11 is 0. The number of rotatable bonds is 13. The van der Waals surface area contributed by atoms with Gasteiger partial charge in [0.05, 0.1) is 13.2 Å². The Morgan fingerprint density at radius 2 is 1.69 bits per heavy atom. The second kappa shape index (κ2) is 13.3. The lowest BCUT2D eigenvalue weighted by Crippen LogP contribution is -2.54. The van der Waals surface area contributed by atoms with Crippen LogP contribution in [-0.2, 0) is 19.2 Å². The van der Waals surface area contributed by atoms with Crippen LogP contribution in [0.15, 0.2) is 4.99 Å². The molecule has 11 N–H and O–H groups in total. The molecule has 3 atom stereocenters. The maximum absolute atomic E-state index is 12.5. The molecule has 3 amide bonds. The minimum absolute atomic E-state index is 0.122. The van der Waals surface area contributed by atoms with Crippen molar-refractivity contribution in [2.45, 2.75) is 44.8 Å². The van der Waals surface area contributed by atoms with Crippen molar-refractivity contribution in [3.63, 3.8) is 0 Å². The van der Waals surface area contributed by atoms with Gasteiger partial charge in [0, 0.05) is 6.54 Å². The number of carboxylic acids is 1. The number of aliphatic carboxylic acids is 1. The van der Waals surface area contributed by atoms with E-state index in [-0.39, 0.29) is 24.8 Å². The van der Waals surface area contributed by atoms with E-state index in [1.165, 1.54) is 0 Å². The first-order chi connectivity index (χ1) is 13.5. The number of aliphatic imine (C=N–C) groups is 1. The molecule has 0 spiro atoms. The molecule has 3 unspecified atom stereocenters. The molecule has 0 rings (SSSR count). The summed E-state index contributed by atoms with van der Waals surface area (Å²) in [5, 5.41) is 25.1. The molecule has 0 aromatic rings. The Labute approximate surface area is 168 Å². The highest BCUT2D eigenvalue weighted by atomic mass is 16.4. The van der Waals surface area contributed by atoms with Gasteiger partial charge in [-0.05, 0) is 18.8 Å². The summed E-state index contributed by atoms with van der Waals surface area (Å²) in [6, 6.07) is -3.38. The highest BCUT2D eigenvalue weighted by Crippen LogP contribution is 2.05. The van der Waals surface area contributed by atoms with Gasteiger partial charge in [0.25, 0.3) is 0 Å². The first-order valence-electron chi connectivity index (χ1n) is 9.01. The maximum atomic E-state index is 12.5. The molecule has 0 aliphatic carbocycles. The zero-order valence-corrected chi connectivity index (χ0v) is 16.6. The predicted octanol–water partition coefficient (Wildman–Crippen LogP) is -3.81. The van der Waals surface area contributed by atoms with Crippen LogP contribution in [0.2, 0.25) is 0 Å². The number of hydrogen-bond donors (Lipinski definition) is 8. The van der Waals surface area contributed by atoms with E-state index in [4.69, 9.17) is 22.3 Å². The second-order valence-electron chi connectivity index (χ2n) is 6.64. The molecule has 0 aliphatic rings. The number of guanidine groups is 1. The average Bonchev–Trinajstić information content (AvgIpc) is 2.64. The zero-order valence-electron chi connectivity index (χ0n) is 16.6. The first kappa shape index (κ1) is 26.1.